The van der Waals surface area contributed by atoms with Crippen molar-refractivity contribution in [2.24, 2.45) is 0 Å². The molecule has 2 heteroatoms. The van der Waals surface area contributed by atoms with E-state index in [1.807, 2.05) is 12.1 Å². The van der Waals surface area contributed by atoms with E-state index >= 15 is 0 Å². The first-order valence-corrected chi connectivity index (χ1v) is 11.6. The minimum absolute atomic E-state index is 0.0292. The van der Waals surface area contributed by atoms with Crippen LogP contribution in [-0.4, -0.2) is 10.8 Å². The fraction of sp³-hybridized carbons (Fsp3) is 0.0625. The maximum Gasteiger partial charge on any atom is 0.161 e. The highest BCUT2D eigenvalue weighted by molar-refractivity contribution is 5.96. The van der Waals surface area contributed by atoms with Crippen LogP contribution in [0, 0.1) is 0 Å². The van der Waals surface area contributed by atoms with Gasteiger partial charge in [-0.1, -0.05) is 84.9 Å². The van der Waals surface area contributed by atoms with Gasteiger partial charge in [0.25, 0.3) is 0 Å². The zero-order chi connectivity index (χ0) is 22.9. The number of Topliss-reactive ketones (excluding diaryl/α,β-unsaturated/α-hetero) is 1. The molecule has 34 heavy (non-hydrogen) atoms. The molecule has 160 valence electrons. The van der Waals surface area contributed by atoms with Crippen LogP contribution in [0.2, 0.25) is 0 Å². The van der Waals surface area contributed by atoms with Gasteiger partial charge in [-0.2, -0.15) is 0 Å². The molecule has 0 atom stereocenters. The van der Waals surface area contributed by atoms with E-state index in [1.54, 1.807) is 13.1 Å². The van der Waals surface area contributed by atoms with Gasteiger partial charge in [-0.25, -0.2) is 0 Å². The van der Waals surface area contributed by atoms with Crippen molar-refractivity contribution in [2.75, 3.05) is 0 Å². The fourth-order valence-corrected chi connectivity index (χ4v) is 6.03. The van der Waals surface area contributed by atoms with E-state index < -0.39 is 0 Å². The average molecular weight is 436 g/mol. The minimum Gasteiger partial charge on any atom is -0.294 e. The Hall–Kier alpha value is -4.30. The number of hydrogen-bond donors (Lipinski definition) is 0. The molecule has 0 amide bonds. The van der Waals surface area contributed by atoms with E-state index in [0.717, 1.165) is 11.3 Å². The summed E-state index contributed by atoms with van der Waals surface area (Å²) in [5.74, 6) is 0.0292. The monoisotopic (exact) mass is 435 g/mol. The van der Waals surface area contributed by atoms with Gasteiger partial charge in [-0.3, -0.25) is 9.78 Å². The molecule has 1 heterocycles. The van der Waals surface area contributed by atoms with Gasteiger partial charge in [0.1, 0.15) is 0 Å². The molecular weight excluding hydrogens is 414 g/mol. The van der Waals surface area contributed by atoms with Gasteiger partial charge >= 0.3 is 0 Å². The molecule has 2 aliphatic rings. The Kier molecular flexibility index (Phi) is 3.87. The van der Waals surface area contributed by atoms with Gasteiger partial charge in [0.2, 0.25) is 0 Å². The van der Waals surface area contributed by atoms with E-state index in [1.165, 1.54) is 44.5 Å². The van der Waals surface area contributed by atoms with Crippen molar-refractivity contribution < 1.29 is 4.79 Å². The van der Waals surface area contributed by atoms with E-state index in [9.17, 15) is 4.79 Å². The van der Waals surface area contributed by atoms with Crippen LogP contribution >= 0.6 is 0 Å². The smallest absolute Gasteiger partial charge is 0.161 e. The summed E-state index contributed by atoms with van der Waals surface area (Å²) in [6, 6.07) is 36.9. The summed E-state index contributed by atoms with van der Waals surface area (Å²) in [6.45, 7) is 1.57. The molecule has 0 saturated carbocycles. The van der Waals surface area contributed by atoms with Gasteiger partial charge in [-0.15, -0.1) is 0 Å². The zero-order valence-electron chi connectivity index (χ0n) is 18.7. The largest absolute Gasteiger partial charge is 0.294 e. The molecule has 0 fully saturated rings. The van der Waals surface area contributed by atoms with Gasteiger partial charge in [-0.05, 0) is 69.6 Å². The van der Waals surface area contributed by atoms with Gasteiger partial charge in [0, 0.05) is 17.3 Å². The lowest BCUT2D eigenvalue weighted by Gasteiger charge is -2.30. The standard InChI is InChI=1S/C32H21NO/c1-20(34)22-15-17-31(33-19-22)21-14-16-26-25-10-4-7-13-29(25)32(30(26)18-21)27-11-5-2-8-23(27)24-9-3-6-12-28(24)32/h2-19H,1H3. The molecule has 0 unspecified atom stereocenters. The molecule has 0 radical (unpaired) electrons. The molecule has 1 aromatic heterocycles. The van der Waals surface area contributed by atoms with E-state index in [2.05, 4.69) is 96.0 Å². The van der Waals surface area contributed by atoms with Crippen molar-refractivity contribution >= 4 is 5.78 Å². The predicted octanol–water partition coefficient (Wildman–Crippen LogP) is 7.29. The number of hydrogen-bond acceptors (Lipinski definition) is 2. The van der Waals surface area contributed by atoms with Crippen LogP contribution in [0.3, 0.4) is 0 Å². The van der Waals surface area contributed by atoms with E-state index in [4.69, 9.17) is 0 Å². The summed E-state index contributed by atoms with van der Waals surface area (Å²) in [5.41, 5.74) is 12.7. The second kappa shape index (κ2) is 6.85. The average Bonchev–Trinajstić information content (AvgIpc) is 3.36. The Labute approximate surface area is 198 Å². The number of carbonyl (C=O) groups excluding carboxylic acids is 1. The van der Waals surface area contributed by atoms with E-state index in [0.29, 0.717) is 5.56 Å². The Morgan fingerprint density at radius 1 is 0.618 bits per heavy atom. The summed E-state index contributed by atoms with van der Waals surface area (Å²) in [7, 11) is 0. The highest BCUT2D eigenvalue weighted by atomic mass is 16.1. The first-order valence-electron chi connectivity index (χ1n) is 11.6. The first-order chi connectivity index (χ1) is 16.7. The predicted molar refractivity (Wildman–Crippen MR) is 136 cm³/mol. The van der Waals surface area contributed by atoms with Crippen molar-refractivity contribution in [3.63, 3.8) is 0 Å². The van der Waals surface area contributed by atoms with Crippen LogP contribution in [0.4, 0.5) is 0 Å². The Bertz CT molecular complexity index is 1560. The summed E-state index contributed by atoms with van der Waals surface area (Å²) < 4.78 is 0. The molecule has 0 bridgehead atoms. The lowest BCUT2D eigenvalue weighted by atomic mass is 9.70. The number of aromatic nitrogens is 1. The van der Waals surface area contributed by atoms with Crippen molar-refractivity contribution in [1.29, 1.82) is 0 Å². The molecule has 0 saturated heterocycles. The number of ketones is 1. The maximum atomic E-state index is 11.7. The number of fused-ring (bicyclic) bond motifs is 10. The highest BCUT2D eigenvalue weighted by Crippen LogP contribution is 2.62. The molecule has 4 aromatic carbocycles. The first kappa shape index (κ1) is 19.2. The molecule has 5 aromatic rings. The maximum absolute atomic E-state index is 11.7. The normalized spacial score (nSPS) is 13.8. The molecule has 1 spiro atoms. The molecule has 2 aliphatic carbocycles. The molecular formula is C32H21NO. The summed E-state index contributed by atoms with van der Waals surface area (Å²) >= 11 is 0. The van der Waals surface area contributed by atoms with Crippen LogP contribution in [-0.2, 0) is 5.41 Å². The summed E-state index contributed by atoms with van der Waals surface area (Å²) in [6.07, 6.45) is 1.68. The Morgan fingerprint density at radius 3 is 1.65 bits per heavy atom. The zero-order valence-corrected chi connectivity index (χ0v) is 18.7. The molecule has 7 rings (SSSR count). The quantitative estimate of drug-likeness (QED) is 0.267. The third-order valence-corrected chi connectivity index (χ3v) is 7.46. The van der Waals surface area contributed by atoms with Crippen molar-refractivity contribution in [2.45, 2.75) is 12.3 Å². The lowest BCUT2D eigenvalue weighted by molar-refractivity contribution is 0.101. The van der Waals surface area contributed by atoms with Crippen LogP contribution in [0.25, 0.3) is 33.5 Å². The van der Waals surface area contributed by atoms with Gasteiger partial charge in [0.05, 0.1) is 11.1 Å². The second-order valence-electron chi connectivity index (χ2n) is 9.14. The summed E-state index contributed by atoms with van der Waals surface area (Å²) in [4.78, 5) is 16.4. The number of nitrogens with zero attached hydrogens (tertiary/aromatic N) is 1. The van der Waals surface area contributed by atoms with Crippen LogP contribution < -0.4 is 0 Å². The summed E-state index contributed by atoms with van der Waals surface area (Å²) in [5, 5.41) is 0. The number of rotatable bonds is 2. The van der Waals surface area contributed by atoms with Crippen LogP contribution in [0.15, 0.2) is 109 Å². The third kappa shape index (κ3) is 2.35. The number of carbonyl (C=O) groups is 1. The topological polar surface area (TPSA) is 30.0 Å². The van der Waals surface area contributed by atoms with Crippen molar-refractivity contribution in [3.8, 4) is 33.5 Å². The molecule has 0 N–H and O–H groups in total. The van der Waals surface area contributed by atoms with Crippen LogP contribution in [0.5, 0.6) is 0 Å². The fourth-order valence-electron chi connectivity index (χ4n) is 6.03. The van der Waals surface area contributed by atoms with Crippen molar-refractivity contribution in [1.82, 2.24) is 4.98 Å². The molecule has 0 aliphatic heterocycles. The van der Waals surface area contributed by atoms with Crippen molar-refractivity contribution in [3.05, 3.63) is 137 Å². The van der Waals surface area contributed by atoms with Gasteiger partial charge in [0.15, 0.2) is 5.78 Å². The Balaban J connectivity index is 1.55. The SMILES string of the molecule is CC(=O)c1ccc(-c2ccc3c(c2)C2(c4ccccc4-c4ccccc42)c2ccccc2-3)nc1. The number of benzene rings is 4. The van der Waals surface area contributed by atoms with E-state index in [-0.39, 0.29) is 11.2 Å². The molecule has 2 nitrogen and oxygen atoms in total. The Morgan fingerprint density at radius 2 is 1.15 bits per heavy atom. The van der Waals surface area contributed by atoms with Crippen LogP contribution in [0.1, 0.15) is 39.5 Å². The second-order valence-corrected chi connectivity index (χ2v) is 9.14. The number of pyridine rings is 1. The highest BCUT2D eigenvalue weighted by Gasteiger charge is 2.51. The minimum atomic E-state index is -0.353. The third-order valence-electron chi connectivity index (χ3n) is 7.46. The lowest BCUT2D eigenvalue weighted by Crippen LogP contribution is -2.25. The van der Waals surface area contributed by atoms with Gasteiger partial charge < -0.3 is 0 Å².